The Bertz CT molecular complexity index is 563. The summed E-state index contributed by atoms with van der Waals surface area (Å²) in [6.45, 7) is 0.965. The summed E-state index contributed by atoms with van der Waals surface area (Å²) in [5.41, 5.74) is 1.37. The van der Waals surface area contributed by atoms with E-state index in [2.05, 4.69) is 11.4 Å². The van der Waals surface area contributed by atoms with Gasteiger partial charge in [0, 0.05) is 12.7 Å². The molecule has 1 aliphatic carbocycles. The zero-order valence-electron chi connectivity index (χ0n) is 11.7. The highest BCUT2D eigenvalue weighted by Gasteiger charge is 2.43. The topological polar surface area (TPSA) is 56.1 Å². The van der Waals surface area contributed by atoms with E-state index in [4.69, 9.17) is 5.26 Å². The number of hydrogen-bond acceptors (Lipinski definition) is 3. The molecule has 1 aromatic carbocycles. The fourth-order valence-corrected chi connectivity index (χ4v) is 3.58. The second-order valence-corrected chi connectivity index (χ2v) is 5.80. The molecule has 1 aliphatic heterocycles. The minimum absolute atomic E-state index is 0.0572. The van der Waals surface area contributed by atoms with Crippen molar-refractivity contribution in [2.75, 3.05) is 18.5 Å². The second kappa shape index (κ2) is 5.26. The number of carbonyl (C=O) groups excluding carboxylic acids is 1. The van der Waals surface area contributed by atoms with Gasteiger partial charge >= 0.3 is 0 Å². The summed E-state index contributed by atoms with van der Waals surface area (Å²) >= 11 is 0. The zero-order chi connectivity index (χ0) is 14.1. The number of carbonyl (C=O) groups is 1. The number of likely N-dealkylation sites (N-methyl/N-ethyl adjacent to an activating group) is 1. The number of nitriles is 1. The summed E-state index contributed by atoms with van der Waals surface area (Å²) < 4.78 is 0. The standard InChI is InChI=1S/C16H19N3O/c1-19(13-6-2-4-11(8-13)9-17)16(20)15-14-7-3-5-12(14)10-18-15/h2,4,6,8,12,14-15,18H,3,5,7,10H2,1H3. The van der Waals surface area contributed by atoms with Crippen LogP contribution >= 0.6 is 0 Å². The van der Waals surface area contributed by atoms with Gasteiger partial charge in [-0.2, -0.15) is 5.26 Å². The molecule has 104 valence electrons. The third-order valence-corrected chi connectivity index (χ3v) is 4.71. The first-order valence-corrected chi connectivity index (χ1v) is 7.22. The Morgan fingerprint density at radius 1 is 1.45 bits per heavy atom. The van der Waals surface area contributed by atoms with Gasteiger partial charge in [-0.15, -0.1) is 0 Å². The van der Waals surface area contributed by atoms with Crippen molar-refractivity contribution in [2.24, 2.45) is 11.8 Å². The largest absolute Gasteiger partial charge is 0.314 e. The predicted molar refractivity (Wildman–Crippen MR) is 77.2 cm³/mol. The molecule has 2 fully saturated rings. The van der Waals surface area contributed by atoms with E-state index in [1.165, 1.54) is 12.8 Å². The molecular weight excluding hydrogens is 250 g/mol. The summed E-state index contributed by atoms with van der Waals surface area (Å²) in [4.78, 5) is 14.3. The van der Waals surface area contributed by atoms with Crippen LogP contribution in [0.4, 0.5) is 5.69 Å². The summed E-state index contributed by atoms with van der Waals surface area (Å²) in [6.07, 6.45) is 3.64. The zero-order valence-corrected chi connectivity index (χ0v) is 11.7. The number of benzene rings is 1. The van der Waals surface area contributed by atoms with Gasteiger partial charge in [0.25, 0.3) is 0 Å². The molecule has 1 N–H and O–H groups in total. The third kappa shape index (κ3) is 2.19. The average molecular weight is 269 g/mol. The van der Waals surface area contributed by atoms with Crippen LogP contribution in [0.2, 0.25) is 0 Å². The van der Waals surface area contributed by atoms with Gasteiger partial charge in [-0.05, 0) is 49.4 Å². The summed E-state index contributed by atoms with van der Waals surface area (Å²) in [7, 11) is 1.79. The fraction of sp³-hybridized carbons (Fsp3) is 0.500. The Morgan fingerprint density at radius 3 is 3.10 bits per heavy atom. The van der Waals surface area contributed by atoms with Crippen molar-refractivity contribution in [1.29, 1.82) is 5.26 Å². The molecule has 0 aromatic heterocycles. The number of anilines is 1. The normalized spacial score (nSPS) is 27.9. The van der Waals surface area contributed by atoms with Crippen molar-refractivity contribution in [1.82, 2.24) is 5.32 Å². The fourth-order valence-electron chi connectivity index (χ4n) is 3.58. The van der Waals surface area contributed by atoms with Crippen molar-refractivity contribution in [3.63, 3.8) is 0 Å². The maximum Gasteiger partial charge on any atom is 0.244 e. The molecule has 4 nitrogen and oxygen atoms in total. The maximum absolute atomic E-state index is 12.7. The van der Waals surface area contributed by atoms with Crippen LogP contribution in [0.3, 0.4) is 0 Å². The Hall–Kier alpha value is -1.86. The SMILES string of the molecule is CN(C(=O)C1NCC2CCCC21)c1cccc(C#N)c1. The molecule has 3 atom stereocenters. The van der Waals surface area contributed by atoms with Crippen LogP contribution in [0.5, 0.6) is 0 Å². The smallest absolute Gasteiger partial charge is 0.244 e. The van der Waals surface area contributed by atoms with E-state index in [9.17, 15) is 4.79 Å². The van der Waals surface area contributed by atoms with Crippen molar-refractivity contribution in [3.8, 4) is 6.07 Å². The van der Waals surface area contributed by atoms with Gasteiger partial charge in [0.15, 0.2) is 0 Å². The minimum atomic E-state index is -0.0572. The molecule has 1 saturated carbocycles. The van der Waals surface area contributed by atoms with Gasteiger partial charge in [0.1, 0.15) is 0 Å². The summed E-state index contributed by atoms with van der Waals surface area (Å²) in [6, 6.07) is 9.26. The van der Waals surface area contributed by atoms with Crippen molar-refractivity contribution < 1.29 is 4.79 Å². The Kier molecular flexibility index (Phi) is 3.45. The highest BCUT2D eigenvalue weighted by atomic mass is 16.2. The lowest BCUT2D eigenvalue weighted by atomic mass is 9.93. The molecule has 1 aromatic rings. The maximum atomic E-state index is 12.7. The predicted octanol–water partition coefficient (Wildman–Crippen LogP) is 1.91. The highest BCUT2D eigenvalue weighted by Crippen LogP contribution is 2.38. The van der Waals surface area contributed by atoms with E-state index in [-0.39, 0.29) is 11.9 Å². The summed E-state index contributed by atoms with van der Waals surface area (Å²) in [5.74, 6) is 1.28. The van der Waals surface area contributed by atoms with Gasteiger partial charge < -0.3 is 10.2 Å². The van der Waals surface area contributed by atoms with E-state index < -0.39 is 0 Å². The van der Waals surface area contributed by atoms with Gasteiger partial charge in [-0.1, -0.05) is 12.5 Å². The monoisotopic (exact) mass is 269 g/mol. The molecular formula is C16H19N3O. The molecule has 3 rings (SSSR count). The lowest BCUT2D eigenvalue weighted by Gasteiger charge is -2.24. The van der Waals surface area contributed by atoms with Crippen molar-refractivity contribution in [2.45, 2.75) is 25.3 Å². The van der Waals surface area contributed by atoms with E-state index in [1.54, 1.807) is 24.1 Å². The van der Waals surface area contributed by atoms with Crippen LogP contribution in [0.1, 0.15) is 24.8 Å². The van der Waals surface area contributed by atoms with Crippen LogP contribution in [-0.4, -0.2) is 25.5 Å². The van der Waals surface area contributed by atoms with Crippen molar-refractivity contribution in [3.05, 3.63) is 29.8 Å². The van der Waals surface area contributed by atoms with Gasteiger partial charge in [0.05, 0.1) is 17.7 Å². The first-order chi connectivity index (χ1) is 9.70. The number of nitrogens with one attached hydrogen (secondary N) is 1. The van der Waals surface area contributed by atoms with E-state index in [0.29, 0.717) is 17.4 Å². The van der Waals surface area contributed by atoms with Crippen LogP contribution in [0, 0.1) is 23.2 Å². The van der Waals surface area contributed by atoms with E-state index in [0.717, 1.165) is 18.7 Å². The van der Waals surface area contributed by atoms with Crippen LogP contribution < -0.4 is 10.2 Å². The average Bonchev–Trinajstić information content (AvgIpc) is 3.08. The molecule has 0 radical (unpaired) electrons. The van der Waals surface area contributed by atoms with Crippen molar-refractivity contribution >= 4 is 11.6 Å². The molecule has 3 unspecified atom stereocenters. The Balaban J connectivity index is 1.78. The van der Waals surface area contributed by atoms with Crippen LogP contribution in [0.25, 0.3) is 0 Å². The second-order valence-electron chi connectivity index (χ2n) is 5.80. The molecule has 1 amide bonds. The molecule has 2 aliphatic rings. The van der Waals surface area contributed by atoms with E-state index in [1.807, 2.05) is 12.1 Å². The molecule has 0 bridgehead atoms. The molecule has 4 heteroatoms. The number of amides is 1. The van der Waals surface area contributed by atoms with E-state index >= 15 is 0 Å². The first kappa shape index (κ1) is 13.1. The van der Waals surface area contributed by atoms with Gasteiger partial charge in [0.2, 0.25) is 5.91 Å². The Morgan fingerprint density at radius 2 is 2.30 bits per heavy atom. The number of fused-ring (bicyclic) bond motifs is 1. The van der Waals surface area contributed by atoms with Crippen LogP contribution in [0.15, 0.2) is 24.3 Å². The van der Waals surface area contributed by atoms with Gasteiger partial charge in [-0.3, -0.25) is 4.79 Å². The molecule has 20 heavy (non-hydrogen) atoms. The first-order valence-electron chi connectivity index (χ1n) is 7.22. The number of rotatable bonds is 2. The molecule has 1 heterocycles. The third-order valence-electron chi connectivity index (χ3n) is 4.71. The number of nitrogens with zero attached hydrogens (tertiary/aromatic N) is 2. The Labute approximate surface area is 119 Å². The molecule has 1 saturated heterocycles. The number of hydrogen-bond donors (Lipinski definition) is 1. The minimum Gasteiger partial charge on any atom is -0.314 e. The van der Waals surface area contributed by atoms with Gasteiger partial charge in [-0.25, -0.2) is 0 Å². The van der Waals surface area contributed by atoms with Crippen LogP contribution in [-0.2, 0) is 4.79 Å². The lowest BCUT2D eigenvalue weighted by molar-refractivity contribution is -0.120. The lowest BCUT2D eigenvalue weighted by Crippen LogP contribution is -2.44. The molecule has 0 spiro atoms. The highest BCUT2D eigenvalue weighted by molar-refractivity contribution is 5.97. The quantitative estimate of drug-likeness (QED) is 0.892. The summed E-state index contributed by atoms with van der Waals surface area (Å²) in [5, 5.41) is 12.3.